The van der Waals surface area contributed by atoms with Gasteiger partial charge in [0.1, 0.15) is 11.0 Å². The molecule has 30 heavy (non-hydrogen) atoms. The van der Waals surface area contributed by atoms with Gasteiger partial charge in [0, 0.05) is 24.7 Å². The standard InChI is InChI=1S/C22H26ClN5O2/c1-4-6-13-28-21(23)16(15(3)26-28)11-12-20(29)27(5-2)14-19-24-18-10-8-7-9-17(18)22(30)25-19/h7-12H,4-6,13-14H2,1-3H3,(H,24,25,30). The summed E-state index contributed by atoms with van der Waals surface area (Å²) >= 11 is 6.44. The maximum absolute atomic E-state index is 12.8. The van der Waals surface area contributed by atoms with Crippen LogP contribution >= 0.6 is 11.6 Å². The normalized spacial score (nSPS) is 11.5. The van der Waals surface area contributed by atoms with Crippen LogP contribution in [0.4, 0.5) is 0 Å². The molecule has 1 aromatic carbocycles. The number of carbonyl (C=O) groups excluding carboxylic acids is 1. The highest BCUT2D eigenvalue weighted by molar-refractivity contribution is 6.31. The maximum atomic E-state index is 12.8. The fourth-order valence-electron chi connectivity index (χ4n) is 3.21. The van der Waals surface area contributed by atoms with Crippen molar-refractivity contribution >= 4 is 34.5 Å². The fraction of sp³-hybridized carbons (Fsp3) is 0.364. The largest absolute Gasteiger partial charge is 0.332 e. The molecule has 0 saturated heterocycles. The van der Waals surface area contributed by atoms with Crippen LogP contribution in [-0.4, -0.2) is 37.1 Å². The topological polar surface area (TPSA) is 83.9 Å². The van der Waals surface area contributed by atoms with Crippen molar-refractivity contribution in [1.29, 1.82) is 0 Å². The van der Waals surface area contributed by atoms with Crippen molar-refractivity contribution < 1.29 is 4.79 Å². The number of amides is 1. The lowest BCUT2D eigenvalue weighted by Crippen LogP contribution is -2.30. The Bertz CT molecular complexity index is 1130. The van der Waals surface area contributed by atoms with Gasteiger partial charge in [-0.25, -0.2) is 4.98 Å². The number of nitrogens with zero attached hydrogens (tertiary/aromatic N) is 4. The fourth-order valence-corrected chi connectivity index (χ4v) is 3.53. The highest BCUT2D eigenvalue weighted by Gasteiger charge is 2.14. The van der Waals surface area contributed by atoms with E-state index in [0.717, 1.165) is 30.6 Å². The average molecular weight is 428 g/mol. The van der Waals surface area contributed by atoms with E-state index in [1.807, 2.05) is 19.9 Å². The lowest BCUT2D eigenvalue weighted by molar-refractivity contribution is -0.126. The Morgan fingerprint density at radius 1 is 1.30 bits per heavy atom. The van der Waals surface area contributed by atoms with E-state index in [2.05, 4.69) is 22.0 Å². The molecule has 0 atom stereocenters. The summed E-state index contributed by atoms with van der Waals surface area (Å²) in [6, 6.07) is 7.14. The number of nitrogens with one attached hydrogen (secondary N) is 1. The summed E-state index contributed by atoms with van der Waals surface area (Å²) < 4.78 is 1.77. The molecular formula is C22H26ClN5O2. The zero-order valence-corrected chi connectivity index (χ0v) is 18.2. The van der Waals surface area contributed by atoms with Crippen LogP contribution in [0.25, 0.3) is 17.0 Å². The molecule has 158 valence electrons. The van der Waals surface area contributed by atoms with Crippen molar-refractivity contribution in [1.82, 2.24) is 24.6 Å². The highest BCUT2D eigenvalue weighted by atomic mass is 35.5. The molecule has 3 aromatic rings. The van der Waals surface area contributed by atoms with E-state index in [4.69, 9.17) is 11.6 Å². The van der Waals surface area contributed by atoms with Crippen molar-refractivity contribution in [3.8, 4) is 0 Å². The van der Waals surface area contributed by atoms with Gasteiger partial charge in [-0.1, -0.05) is 37.1 Å². The molecule has 0 saturated carbocycles. The van der Waals surface area contributed by atoms with Crippen LogP contribution < -0.4 is 5.56 Å². The average Bonchev–Trinajstić information content (AvgIpc) is 3.01. The number of aromatic nitrogens is 4. The number of benzene rings is 1. The van der Waals surface area contributed by atoms with Gasteiger partial charge in [-0.2, -0.15) is 5.10 Å². The van der Waals surface area contributed by atoms with Crippen LogP contribution in [0.15, 0.2) is 35.1 Å². The van der Waals surface area contributed by atoms with E-state index in [0.29, 0.717) is 28.4 Å². The smallest absolute Gasteiger partial charge is 0.258 e. The second-order valence-electron chi connectivity index (χ2n) is 7.08. The third-order valence-electron chi connectivity index (χ3n) is 4.92. The zero-order chi connectivity index (χ0) is 21.7. The molecule has 2 heterocycles. The van der Waals surface area contributed by atoms with Crippen LogP contribution in [-0.2, 0) is 17.9 Å². The third kappa shape index (κ3) is 4.79. The first kappa shape index (κ1) is 21.8. The monoisotopic (exact) mass is 427 g/mol. The molecule has 1 amide bonds. The number of halogens is 1. The Labute approximate surface area is 180 Å². The van der Waals surface area contributed by atoms with E-state index < -0.39 is 0 Å². The van der Waals surface area contributed by atoms with E-state index in [1.54, 1.807) is 33.9 Å². The molecule has 2 aromatic heterocycles. The van der Waals surface area contributed by atoms with Crippen molar-refractivity contribution in [2.45, 2.75) is 46.7 Å². The summed E-state index contributed by atoms with van der Waals surface area (Å²) in [5, 5.41) is 5.52. The first-order valence-corrected chi connectivity index (χ1v) is 10.5. The van der Waals surface area contributed by atoms with Gasteiger partial charge in [0.15, 0.2) is 0 Å². The Balaban J connectivity index is 1.77. The minimum atomic E-state index is -0.212. The molecule has 0 aliphatic heterocycles. The maximum Gasteiger partial charge on any atom is 0.258 e. The number of aryl methyl sites for hydroxylation is 2. The molecule has 8 heteroatoms. The number of para-hydroxylation sites is 1. The van der Waals surface area contributed by atoms with Gasteiger partial charge < -0.3 is 9.88 Å². The lowest BCUT2D eigenvalue weighted by Gasteiger charge is -2.18. The molecule has 0 fully saturated rings. The van der Waals surface area contributed by atoms with Crippen molar-refractivity contribution in [3.05, 3.63) is 62.9 Å². The Hall–Kier alpha value is -2.93. The second-order valence-corrected chi connectivity index (χ2v) is 7.44. The van der Waals surface area contributed by atoms with Gasteiger partial charge in [0.25, 0.3) is 5.56 Å². The first-order chi connectivity index (χ1) is 14.4. The summed E-state index contributed by atoms with van der Waals surface area (Å²) in [7, 11) is 0. The lowest BCUT2D eigenvalue weighted by atomic mass is 10.2. The number of likely N-dealkylation sites (N-methyl/N-ethyl adjacent to an activating group) is 1. The van der Waals surface area contributed by atoms with Crippen LogP contribution in [0.2, 0.25) is 5.15 Å². The number of hydrogen-bond donors (Lipinski definition) is 1. The number of hydrogen-bond acceptors (Lipinski definition) is 4. The number of H-pyrrole nitrogens is 1. The number of fused-ring (bicyclic) bond motifs is 1. The molecule has 0 bridgehead atoms. The third-order valence-corrected chi connectivity index (χ3v) is 5.32. The SMILES string of the molecule is CCCCn1nc(C)c(C=CC(=O)N(CC)Cc2nc3ccccc3c(=O)[nH]2)c1Cl. The zero-order valence-electron chi connectivity index (χ0n) is 17.5. The first-order valence-electron chi connectivity index (χ1n) is 10.1. The second kappa shape index (κ2) is 9.71. The summed E-state index contributed by atoms with van der Waals surface area (Å²) in [5.41, 5.74) is 1.92. The molecule has 0 radical (unpaired) electrons. The van der Waals surface area contributed by atoms with Crippen molar-refractivity contribution in [2.75, 3.05) is 6.54 Å². The molecule has 0 aliphatic rings. The van der Waals surface area contributed by atoms with Gasteiger partial charge in [0.2, 0.25) is 5.91 Å². The van der Waals surface area contributed by atoms with Crippen LogP contribution in [0.5, 0.6) is 0 Å². The van der Waals surface area contributed by atoms with Gasteiger partial charge >= 0.3 is 0 Å². The molecular weight excluding hydrogens is 402 g/mol. The van der Waals surface area contributed by atoms with Crippen molar-refractivity contribution in [2.24, 2.45) is 0 Å². The number of unbranched alkanes of at least 4 members (excludes halogenated alkanes) is 1. The molecule has 0 aliphatic carbocycles. The Kier molecular flexibility index (Phi) is 7.05. The Morgan fingerprint density at radius 2 is 2.07 bits per heavy atom. The molecule has 0 unspecified atom stereocenters. The van der Waals surface area contributed by atoms with Crippen LogP contribution in [0, 0.1) is 6.92 Å². The highest BCUT2D eigenvalue weighted by Crippen LogP contribution is 2.22. The van der Waals surface area contributed by atoms with E-state index in [-0.39, 0.29) is 18.0 Å². The summed E-state index contributed by atoms with van der Waals surface area (Å²) in [5.74, 6) is 0.258. The molecule has 1 N–H and O–H groups in total. The van der Waals surface area contributed by atoms with Gasteiger partial charge in [-0.15, -0.1) is 0 Å². The summed E-state index contributed by atoms with van der Waals surface area (Å²) in [6.07, 6.45) is 5.23. The van der Waals surface area contributed by atoms with Crippen LogP contribution in [0.3, 0.4) is 0 Å². The minimum Gasteiger partial charge on any atom is -0.332 e. The van der Waals surface area contributed by atoms with Gasteiger partial charge in [0.05, 0.1) is 23.1 Å². The van der Waals surface area contributed by atoms with Gasteiger partial charge in [-0.05, 0) is 38.5 Å². The minimum absolute atomic E-state index is 0.190. The van der Waals surface area contributed by atoms with E-state index in [1.165, 1.54) is 6.08 Å². The van der Waals surface area contributed by atoms with Crippen molar-refractivity contribution in [3.63, 3.8) is 0 Å². The summed E-state index contributed by atoms with van der Waals surface area (Å²) in [4.78, 5) is 33.9. The quantitative estimate of drug-likeness (QED) is 0.552. The predicted octanol–water partition coefficient (Wildman–Crippen LogP) is 3.94. The Morgan fingerprint density at radius 3 is 2.80 bits per heavy atom. The predicted molar refractivity (Wildman–Crippen MR) is 119 cm³/mol. The summed E-state index contributed by atoms with van der Waals surface area (Å²) in [6.45, 7) is 7.30. The molecule has 7 nitrogen and oxygen atoms in total. The van der Waals surface area contributed by atoms with Gasteiger partial charge in [-0.3, -0.25) is 14.3 Å². The number of carbonyl (C=O) groups is 1. The molecule has 3 rings (SSSR count). The number of aromatic amines is 1. The van der Waals surface area contributed by atoms with Crippen LogP contribution in [0.1, 0.15) is 43.8 Å². The number of rotatable bonds is 8. The van der Waals surface area contributed by atoms with E-state index >= 15 is 0 Å². The van der Waals surface area contributed by atoms with E-state index in [9.17, 15) is 9.59 Å². The molecule has 0 spiro atoms.